The lowest BCUT2D eigenvalue weighted by Gasteiger charge is -2.17. The van der Waals surface area contributed by atoms with Gasteiger partial charge in [0.1, 0.15) is 0 Å². The van der Waals surface area contributed by atoms with Gasteiger partial charge in [0, 0.05) is 23.7 Å². The van der Waals surface area contributed by atoms with Crippen LogP contribution in [0.15, 0.2) is 34.4 Å². The first-order chi connectivity index (χ1) is 8.20. The summed E-state index contributed by atoms with van der Waals surface area (Å²) in [6, 6.07) is 6.33. The number of hydrazine groups is 1. The van der Waals surface area contributed by atoms with Crippen LogP contribution in [0.3, 0.4) is 0 Å². The Morgan fingerprint density at radius 1 is 1.47 bits per heavy atom. The number of pyridine rings is 1. The van der Waals surface area contributed by atoms with Gasteiger partial charge in [-0.25, -0.2) is 0 Å². The molecule has 2 aromatic rings. The quantitative estimate of drug-likeness (QED) is 0.674. The average Bonchev–Trinajstić information content (AvgIpc) is 2.73. The van der Waals surface area contributed by atoms with Crippen molar-refractivity contribution in [2.24, 2.45) is 5.84 Å². The molecule has 90 valence electrons. The molecule has 5 heteroatoms. The van der Waals surface area contributed by atoms with Crippen molar-refractivity contribution in [2.75, 3.05) is 0 Å². The molecule has 0 fully saturated rings. The van der Waals surface area contributed by atoms with Gasteiger partial charge in [0.05, 0.1) is 9.83 Å². The second kappa shape index (κ2) is 5.73. The first kappa shape index (κ1) is 12.7. The third-order valence-electron chi connectivity index (χ3n) is 2.67. The van der Waals surface area contributed by atoms with E-state index in [4.69, 9.17) is 5.84 Å². The summed E-state index contributed by atoms with van der Waals surface area (Å²) >= 11 is 5.21. The number of thiophene rings is 1. The van der Waals surface area contributed by atoms with Gasteiger partial charge in [0.25, 0.3) is 0 Å². The molecule has 0 spiro atoms. The molecule has 0 aliphatic carbocycles. The summed E-state index contributed by atoms with van der Waals surface area (Å²) < 4.78 is 1.15. The molecule has 0 aliphatic heterocycles. The van der Waals surface area contributed by atoms with E-state index in [1.807, 2.05) is 12.3 Å². The monoisotopic (exact) mass is 311 g/mol. The van der Waals surface area contributed by atoms with Gasteiger partial charge in [0.15, 0.2) is 0 Å². The van der Waals surface area contributed by atoms with E-state index in [2.05, 4.69) is 45.4 Å². The maximum atomic E-state index is 5.65. The number of nitrogens with one attached hydrogen (secondary N) is 1. The molecular formula is C12H14BrN3S. The van der Waals surface area contributed by atoms with Gasteiger partial charge in [0.2, 0.25) is 0 Å². The number of nitrogens with zero attached hydrogens (tertiary/aromatic N) is 1. The molecular weight excluding hydrogens is 298 g/mol. The van der Waals surface area contributed by atoms with Crippen LogP contribution in [0.2, 0.25) is 0 Å². The van der Waals surface area contributed by atoms with Crippen molar-refractivity contribution in [3.8, 4) is 0 Å². The van der Waals surface area contributed by atoms with Crippen LogP contribution in [0, 0.1) is 6.92 Å². The summed E-state index contributed by atoms with van der Waals surface area (Å²) in [5.74, 6) is 5.65. The molecule has 0 aliphatic rings. The van der Waals surface area contributed by atoms with Crippen LogP contribution in [-0.2, 0) is 6.42 Å². The highest BCUT2D eigenvalue weighted by Crippen LogP contribution is 2.27. The number of nitrogens with two attached hydrogens (primary N) is 1. The van der Waals surface area contributed by atoms with Crippen LogP contribution in [0.4, 0.5) is 0 Å². The Bertz CT molecular complexity index is 498. The molecule has 3 N–H and O–H groups in total. The fourth-order valence-electron chi connectivity index (χ4n) is 1.80. The lowest BCUT2D eigenvalue weighted by atomic mass is 10.0. The molecule has 0 amide bonds. The lowest BCUT2D eigenvalue weighted by molar-refractivity contribution is 0.552. The third-order valence-corrected chi connectivity index (χ3v) is 4.32. The van der Waals surface area contributed by atoms with E-state index in [1.165, 1.54) is 10.4 Å². The molecule has 1 unspecified atom stereocenters. The van der Waals surface area contributed by atoms with Crippen molar-refractivity contribution in [3.63, 3.8) is 0 Å². The largest absolute Gasteiger partial charge is 0.271 e. The molecule has 0 saturated heterocycles. The van der Waals surface area contributed by atoms with Crippen molar-refractivity contribution in [1.29, 1.82) is 0 Å². The topological polar surface area (TPSA) is 50.9 Å². The predicted octanol–water partition coefficient (Wildman–Crippen LogP) is 2.96. The van der Waals surface area contributed by atoms with Gasteiger partial charge in [-0.05, 0) is 52.2 Å². The first-order valence-electron chi connectivity index (χ1n) is 5.31. The fraction of sp³-hybridized carbons (Fsp3) is 0.250. The molecule has 3 nitrogen and oxygen atoms in total. The molecule has 2 rings (SSSR count). The summed E-state index contributed by atoms with van der Waals surface area (Å²) in [6.45, 7) is 2.05. The highest BCUT2D eigenvalue weighted by atomic mass is 79.9. The van der Waals surface area contributed by atoms with E-state index in [9.17, 15) is 0 Å². The van der Waals surface area contributed by atoms with Crippen molar-refractivity contribution in [2.45, 2.75) is 19.4 Å². The van der Waals surface area contributed by atoms with Crippen molar-refractivity contribution in [1.82, 2.24) is 10.4 Å². The number of halogens is 1. The Balaban J connectivity index is 2.20. The zero-order chi connectivity index (χ0) is 12.3. The van der Waals surface area contributed by atoms with Crippen LogP contribution >= 0.6 is 27.3 Å². The maximum Gasteiger partial charge on any atom is 0.0701 e. The molecule has 0 radical (unpaired) electrons. The standard InChI is InChI=1S/C12H14BrN3S/c1-8-7-15-5-4-10(8)11(16-14)6-9-2-3-12(13)17-9/h2-5,7,11,16H,6,14H2,1H3. The lowest BCUT2D eigenvalue weighted by Crippen LogP contribution is -2.29. The van der Waals surface area contributed by atoms with Crippen LogP contribution in [-0.4, -0.2) is 4.98 Å². The van der Waals surface area contributed by atoms with Crippen molar-refractivity contribution in [3.05, 3.63) is 50.4 Å². The summed E-state index contributed by atoms with van der Waals surface area (Å²) in [4.78, 5) is 5.40. The summed E-state index contributed by atoms with van der Waals surface area (Å²) in [6.07, 6.45) is 4.55. The van der Waals surface area contributed by atoms with E-state index in [0.717, 1.165) is 15.8 Å². The highest BCUT2D eigenvalue weighted by molar-refractivity contribution is 9.11. The Kier molecular flexibility index (Phi) is 4.28. The summed E-state index contributed by atoms with van der Waals surface area (Å²) in [5.41, 5.74) is 5.24. The molecule has 0 bridgehead atoms. The van der Waals surface area contributed by atoms with E-state index in [-0.39, 0.29) is 6.04 Å². The van der Waals surface area contributed by atoms with Crippen LogP contribution in [0.1, 0.15) is 22.0 Å². The number of hydrogen-bond donors (Lipinski definition) is 2. The SMILES string of the molecule is Cc1cnccc1C(Cc1ccc(Br)s1)NN. The minimum atomic E-state index is 0.128. The van der Waals surface area contributed by atoms with Gasteiger partial charge in [-0.1, -0.05) is 0 Å². The molecule has 2 heterocycles. The zero-order valence-corrected chi connectivity index (χ0v) is 11.9. The summed E-state index contributed by atoms with van der Waals surface area (Å²) in [7, 11) is 0. The smallest absolute Gasteiger partial charge is 0.0701 e. The first-order valence-corrected chi connectivity index (χ1v) is 6.92. The van der Waals surface area contributed by atoms with Crippen molar-refractivity contribution < 1.29 is 0 Å². The van der Waals surface area contributed by atoms with Gasteiger partial charge < -0.3 is 0 Å². The number of hydrogen-bond acceptors (Lipinski definition) is 4. The molecule has 0 aromatic carbocycles. The Hall–Kier alpha value is -0.750. The van der Waals surface area contributed by atoms with E-state index < -0.39 is 0 Å². The number of rotatable bonds is 4. The van der Waals surface area contributed by atoms with Crippen LogP contribution in [0.5, 0.6) is 0 Å². The number of aryl methyl sites for hydroxylation is 1. The van der Waals surface area contributed by atoms with Crippen LogP contribution in [0.25, 0.3) is 0 Å². The third kappa shape index (κ3) is 3.13. The number of aromatic nitrogens is 1. The molecule has 17 heavy (non-hydrogen) atoms. The van der Waals surface area contributed by atoms with Crippen molar-refractivity contribution >= 4 is 27.3 Å². The Morgan fingerprint density at radius 2 is 2.29 bits per heavy atom. The second-order valence-corrected chi connectivity index (χ2v) is 6.41. The molecule has 1 atom stereocenters. The highest BCUT2D eigenvalue weighted by Gasteiger charge is 2.13. The average molecular weight is 312 g/mol. The zero-order valence-electron chi connectivity index (χ0n) is 9.48. The molecule has 0 saturated carbocycles. The van der Waals surface area contributed by atoms with E-state index >= 15 is 0 Å². The fourth-order valence-corrected chi connectivity index (χ4v) is 3.32. The van der Waals surface area contributed by atoms with Gasteiger partial charge in [-0.15, -0.1) is 11.3 Å². The molecule has 2 aromatic heterocycles. The van der Waals surface area contributed by atoms with Gasteiger partial charge >= 0.3 is 0 Å². The summed E-state index contributed by atoms with van der Waals surface area (Å²) in [5, 5.41) is 0. The predicted molar refractivity (Wildman–Crippen MR) is 74.8 cm³/mol. The minimum Gasteiger partial charge on any atom is -0.271 e. The normalized spacial score (nSPS) is 12.6. The van der Waals surface area contributed by atoms with E-state index in [1.54, 1.807) is 17.5 Å². The Morgan fingerprint density at radius 3 is 2.88 bits per heavy atom. The van der Waals surface area contributed by atoms with Gasteiger partial charge in [-0.2, -0.15) is 0 Å². The maximum absolute atomic E-state index is 5.65. The second-order valence-electron chi connectivity index (χ2n) is 3.86. The minimum absolute atomic E-state index is 0.128. The Labute approximate surface area is 113 Å². The van der Waals surface area contributed by atoms with E-state index in [0.29, 0.717) is 0 Å². The van der Waals surface area contributed by atoms with Crippen LogP contribution < -0.4 is 11.3 Å². The van der Waals surface area contributed by atoms with Gasteiger partial charge in [-0.3, -0.25) is 16.3 Å².